The molecule has 1 N–H and O–H groups in total. The summed E-state index contributed by atoms with van der Waals surface area (Å²) in [6.07, 6.45) is 6.68. The molecule has 0 atom stereocenters. The summed E-state index contributed by atoms with van der Waals surface area (Å²) in [7, 11) is 0. The van der Waals surface area contributed by atoms with Gasteiger partial charge in [0, 0.05) is 18.2 Å². The van der Waals surface area contributed by atoms with E-state index in [1.807, 2.05) is 0 Å². The van der Waals surface area contributed by atoms with Crippen molar-refractivity contribution in [1.29, 1.82) is 0 Å². The molecule has 0 bridgehead atoms. The summed E-state index contributed by atoms with van der Waals surface area (Å²) in [5.41, 5.74) is 3.77. The molecule has 3 aromatic carbocycles. The van der Waals surface area contributed by atoms with Crippen LogP contribution in [0.4, 0.5) is 0 Å². The fourth-order valence-electron chi connectivity index (χ4n) is 4.15. The van der Waals surface area contributed by atoms with Crippen LogP contribution in [0.3, 0.4) is 0 Å². The van der Waals surface area contributed by atoms with E-state index >= 15 is 0 Å². The zero-order chi connectivity index (χ0) is 18.5. The van der Waals surface area contributed by atoms with Gasteiger partial charge in [0.25, 0.3) is 0 Å². The number of benzene rings is 3. The minimum Gasteiger partial charge on any atom is -0.489 e. The Morgan fingerprint density at radius 2 is 1.78 bits per heavy atom. The number of nitrogens with one attached hydrogen (secondary N) is 1. The van der Waals surface area contributed by atoms with Crippen LogP contribution in [0.15, 0.2) is 60.7 Å². The Morgan fingerprint density at radius 3 is 2.63 bits per heavy atom. The summed E-state index contributed by atoms with van der Waals surface area (Å²) in [6, 6.07) is 22.1. The normalized spacial score (nSPS) is 15.1. The van der Waals surface area contributed by atoms with Crippen LogP contribution in [0, 0.1) is 6.92 Å². The first-order chi connectivity index (χ1) is 13.3. The van der Waals surface area contributed by atoms with Gasteiger partial charge in [-0.25, -0.2) is 0 Å². The van der Waals surface area contributed by atoms with E-state index in [4.69, 9.17) is 4.74 Å². The van der Waals surface area contributed by atoms with Crippen molar-refractivity contribution in [1.82, 2.24) is 5.32 Å². The summed E-state index contributed by atoms with van der Waals surface area (Å²) in [5, 5.41) is 6.37. The standard InChI is InChI=1S/C25H29NO/c1-19-8-7-9-20(16-19)18-27-25-15-14-21-10-5-6-13-23(21)24(25)17-26-22-11-3-2-4-12-22/h5-10,13-16,22,26H,2-4,11-12,17-18H2,1H3. The lowest BCUT2D eigenvalue weighted by atomic mass is 9.95. The van der Waals surface area contributed by atoms with Gasteiger partial charge in [0.05, 0.1) is 0 Å². The molecule has 0 saturated heterocycles. The van der Waals surface area contributed by atoms with Crippen molar-refractivity contribution in [3.63, 3.8) is 0 Å². The Balaban J connectivity index is 1.56. The first-order valence-corrected chi connectivity index (χ1v) is 10.2. The highest BCUT2D eigenvalue weighted by Gasteiger charge is 2.15. The maximum absolute atomic E-state index is 6.29. The van der Waals surface area contributed by atoms with E-state index < -0.39 is 0 Å². The summed E-state index contributed by atoms with van der Waals surface area (Å²) in [6.45, 7) is 3.60. The zero-order valence-corrected chi connectivity index (χ0v) is 16.2. The molecule has 0 amide bonds. The molecule has 1 saturated carbocycles. The lowest BCUT2D eigenvalue weighted by molar-refractivity contribution is 0.300. The van der Waals surface area contributed by atoms with E-state index in [1.165, 1.54) is 59.6 Å². The van der Waals surface area contributed by atoms with Gasteiger partial charge in [-0.2, -0.15) is 0 Å². The van der Waals surface area contributed by atoms with Crippen LogP contribution in [-0.4, -0.2) is 6.04 Å². The summed E-state index contributed by atoms with van der Waals surface area (Å²) in [5.74, 6) is 0.999. The minimum atomic E-state index is 0.608. The molecule has 1 aliphatic rings. The Bertz CT molecular complexity index is 896. The van der Waals surface area contributed by atoms with Gasteiger partial charge in [0.15, 0.2) is 0 Å². The molecule has 27 heavy (non-hydrogen) atoms. The highest BCUT2D eigenvalue weighted by atomic mass is 16.5. The van der Waals surface area contributed by atoms with E-state index in [-0.39, 0.29) is 0 Å². The topological polar surface area (TPSA) is 21.3 Å². The van der Waals surface area contributed by atoms with E-state index in [9.17, 15) is 0 Å². The van der Waals surface area contributed by atoms with E-state index in [0.717, 1.165) is 12.3 Å². The van der Waals surface area contributed by atoms with Crippen molar-refractivity contribution in [2.24, 2.45) is 0 Å². The fraction of sp³-hybridized carbons (Fsp3) is 0.360. The number of hydrogen-bond donors (Lipinski definition) is 1. The average molecular weight is 360 g/mol. The predicted molar refractivity (Wildman–Crippen MR) is 113 cm³/mol. The van der Waals surface area contributed by atoms with E-state index in [0.29, 0.717) is 12.6 Å². The molecule has 0 radical (unpaired) electrons. The van der Waals surface area contributed by atoms with Gasteiger partial charge in [0.2, 0.25) is 0 Å². The number of fused-ring (bicyclic) bond motifs is 1. The Hall–Kier alpha value is -2.32. The van der Waals surface area contributed by atoms with Gasteiger partial charge < -0.3 is 10.1 Å². The van der Waals surface area contributed by atoms with E-state index in [2.05, 4.69) is 72.9 Å². The molecule has 2 heteroatoms. The van der Waals surface area contributed by atoms with Crippen molar-refractivity contribution >= 4 is 10.8 Å². The molecular formula is C25H29NO. The molecule has 0 aliphatic heterocycles. The maximum atomic E-state index is 6.29. The first-order valence-electron chi connectivity index (χ1n) is 10.2. The van der Waals surface area contributed by atoms with Crippen LogP contribution in [0.25, 0.3) is 10.8 Å². The number of hydrogen-bond acceptors (Lipinski definition) is 2. The monoisotopic (exact) mass is 359 g/mol. The van der Waals surface area contributed by atoms with Crippen LogP contribution in [0.1, 0.15) is 48.8 Å². The minimum absolute atomic E-state index is 0.608. The van der Waals surface area contributed by atoms with Crippen LogP contribution < -0.4 is 10.1 Å². The van der Waals surface area contributed by atoms with Crippen molar-refractivity contribution < 1.29 is 4.74 Å². The molecule has 0 unspecified atom stereocenters. The van der Waals surface area contributed by atoms with Crippen LogP contribution in [-0.2, 0) is 13.2 Å². The SMILES string of the molecule is Cc1cccc(COc2ccc3ccccc3c2CNC2CCCCC2)c1. The Labute approximate surface area is 162 Å². The Morgan fingerprint density at radius 1 is 0.926 bits per heavy atom. The lowest BCUT2D eigenvalue weighted by Crippen LogP contribution is -2.30. The summed E-state index contributed by atoms with van der Waals surface area (Å²) in [4.78, 5) is 0. The molecular weight excluding hydrogens is 330 g/mol. The van der Waals surface area contributed by atoms with Crippen molar-refractivity contribution in [3.05, 3.63) is 77.4 Å². The molecule has 0 spiro atoms. The fourth-order valence-corrected chi connectivity index (χ4v) is 4.15. The molecule has 0 heterocycles. The first kappa shape index (κ1) is 18.1. The second-order valence-corrected chi connectivity index (χ2v) is 7.76. The molecule has 3 aromatic rings. The Kier molecular flexibility index (Phi) is 5.74. The number of ether oxygens (including phenoxy) is 1. The predicted octanol–water partition coefficient (Wildman–Crippen LogP) is 6.15. The third kappa shape index (κ3) is 4.51. The molecule has 0 aromatic heterocycles. The van der Waals surface area contributed by atoms with Gasteiger partial charge in [0.1, 0.15) is 12.4 Å². The van der Waals surface area contributed by atoms with Crippen molar-refractivity contribution in [2.45, 2.75) is 58.2 Å². The molecule has 140 valence electrons. The van der Waals surface area contributed by atoms with Gasteiger partial charge in [-0.05, 0) is 42.2 Å². The highest BCUT2D eigenvalue weighted by Crippen LogP contribution is 2.29. The average Bonchev–Trinajstić information content (AvgIpc) is 2.71. The number of aryl methyl sites for hydroxylation is 1. The van der Waals surface area contributed by atoms with Crippen molar-refractivity contribution in [3.8, 4) is 5.75 Å². The van der Waals surface area contributed by atoms with Crippen LogP contribution in [0.5, 0.6) is 5.75 Å². The van der Waals surface area contributed by atoms with E-state index in [1.54, 1.807) is 0 Å². The quantitative estimate of drug-likeness (QED) is 0.570. The molecule has 1 fully saturated rings. The summed E-state index contributed by atoms with van der Waals surface area (Å²) < 4.78 is 6.29. The zero-order valence-electron chi connectivity index (χ0n) is 16.2. The van der Waals surface area contributed by atoms with Gasteiger partial charge >= 0.3 is 0 Å². The molecule has 4 rings (SSSR count). The smallest absolute Gasteiger partial charge is 0.124 e. The van der Waals surface area contributed by atoms with Gasteiger partial charge in [-0.15, -0.1) is 0 Å². The maximum Gasteiger partial charge on any atom is 0.124 e. The van der Waals surface area contributed by atoms with Crippen molar-refractivity contribution in [2.75, 3.05) is 0 Å². The molecule has 1 aliphatic carbocycles. The second-order valence-electron chi connectivity index (χ2n) is 7.76. The van der Waals surface area contributed by atoms with Crippen LogP contribution in [0.2, 0.25) is 0 Å². The highest BCUT2D eigenvalue weighted by molar-refractivity contribution is 5.87. The third-order valence-corrected chi connectivity index (χ3v) is 5.65. The molecule has 2 nitrogen and oxygen atoms in total. The summed E-state index contributed by atoms with van der Waals surface area (Å²) >= 11 is 0. The second kappa shape index (κ2) is 8.58. The van der Waals surface area contributed by atoms with Gasteiger partial charge in [-0.1, -0.05) is 79.4 Å². The largest absolute Gasteiger partial charge is 0.489 e. The lowest BCUT2D eigenvalue weighted by Gasteiger charge is -2.24. The van der Waals surface area contributed by atoms with Gasteiger partial charge in [-0.3, -0.25) is 0 Å². The third-order valence-electron chi connectivity index (χ3n) is 5.65. The van der Waals surface area contributed by atoms with Crippen LogP contribution >= 0.6 is 0 Å². The number of rotatable bonds is 6.